The molecule has 1 rings (SSSR count). The Hall–Kier alpha value is -1.14. The zero-order valence-electron chi connectivity index (χ0n) is 9.43. The second-order valence-electron chi connectivity index (χ2n) is 3.86. The molecular weight excluding hydrogens is 300 g/mol. The van der Waals surface area contributed by atoms with Crippen molar-refractivity contribution >= 4 is 38.6 Å². The lowest BCUT2D eigenvalue weighted by Crippen LogP contribution is -2.41. The van der Waals surface area contributed by atoms with Gasteiger partial charge in [0.05, 0.1) is 10.5 Å². The molecule has 0 saturated heterocycles. The van der Waals surface area contributed by atoms with Gasteiger partial charge in [0.25, 0.3) is 15.7 Å². The molecule has 6 nitrogen and oxygen atoms in total. The standard InChI is InChI=1S/C9H9ClN2O4S2/c1-4-9(2,3)11-18(15,16)7-5-6(12(13)14)8(10)17-7/h1,5,11H,2-3H3. The topological polar surface area (TPSA) is 89.3 Å². The maximum Gasteiger partial charge on any atom is 0.300 e. The molecule has 0 aliphatic carbocycles. The van der Waals surface area contributed by atoms with E-state index in [4.69, 9.17) is 18.0 Å². The molecular formula is C9H9ClN2O4S2. The smallest absolute Gasteiger partial charge is 0.258 e. The van der Waals surface area contributed by atoms with E-state index in [2.05, 4.69) is 10.6 Å². The van der Waals surface area contributed by atoms with E-state index in [9.17, 15) is 18.5 Å². The van der Waals surface area contributed by atoms with Gasteiger partial charge in [-0.15, -0.1) is 17.8 Å². The lowest BCUT2D eigenvalue weighted by molar-refractivity contribution is -0.384. The van der Waals surface area contributed by atoms with Crippen molar-refractivity contribution in [2.24, 2.45) is 0 Å². The first-order chi connectivity index (χ1) is 8.09. The number of nitrogens with zero attached hydrogens (tertiary/aromatic N) is 1. The molecule has 0 aliphatic heterocycles. The van der Waals surface area contributed by atoms with Crippen molar-refractivity contribution < 1.29 is 13.3 Å². The average Bonchev–Trinajstić information content (AvgIpc) is 2.59. The summed E-state index contributed by atoms with van der Waals surface area (Å²) in [4.78, 5) is 9.84. The quantitative estimate of drug-likeness (QED) is 0.523. The van der Waals surface area contributed by atoms with Gasteiger partial charge in [0.15, 0.2) is 4.34 Å². The van der Waals surface area contributed by atoms with E-state index in [1.807, 2.05) is 0 Å². The Kier molecular flexibility index (Phi) is 4.02. The molecule has 0 fully saturated rings. The van der Waals surface area contributed by atoms with Gasteiger partial charge in [0.1, 0.15) is 4.21 Å². The molecule has 1 aromatic heterocycles. The van der Waals surface area contributed by atoms with Crippen LogP contribution in [0.25, 0.3) is 0 Å². The molecule has 1 N–H and O–H groups in total. The highest BCUT2D eigenvalue weighted by molar-refractivity contribution is 7.91. The maximum absolute atomic E-state index is 11.9. The van der Waals surface area contributed by atoms with Gasteiger partial charge >= 0.3 is 0 Å². The molecule has 0 aromatic carbocycles. The van der Waals surface area contributed by atoms with Crippen LogP contribution in [-0.2, 0) is 10.0 Å². The van der Waals surface area contributed by atoms with Gasteiger partial charge < -0.3 is 0 Å². The number of sulfonamides is 1. The molecule has 1 heterocycles. The Bertz CT molecular complexity index is 627. The SMILES string of the molecule is C#CC(C)(C)NS(=O)(=O)c1cc([N+](=O)[O-])c(Cl)s1. The van der Waals surface area contributed by atoms with E-state index in [1.54, 1.807) is 0 Å². The van der Waals surface area contributed by atoms with Crippen molar-refractivity contribution in [1.29, 1.82) is 0 Å². The predicted octanol–water partition coefficient (Wildman–Crippen LogP) is 2.00. The fourth-order valence-corrected chi connectivity index (χ4v) is 4.02. The van der Waals surface area contributed by atoms with Gasteiger partial charge in [0, 0.05) is 6.07 Å². The summed E-state index contributed by atoms with van der Waals surface area (Å²) < 4.78 is 25.6. The van der Waals surface area contributed by atoms with Gasteiger partial charge in [-0.05, 0) is 13.8 Å². The second kappa shape index (κ2) is 4.85. The summed E-state index contributed by atoms with van der Waals surface area (Å²) in [7, 11) is -3.93. The third kappa shape index (κ3) is 3.20. The molecule has 0 spiro atoms. The number of terminal acetylenes is 1. The van der Waals surface area contributed by atoms with Gasteiger partial charge in [-0.25, -0.2) is 8.42 Å². The third-order valence-electron chi connectivity index (χ3n) is 1.86. The van der Waals surface area contributed by atoms with Crippen molar-refractivity contribution in [1.82, 2.24) is 4.72 Å². The minimum atomic E-state index is -3.93. The van der Waals surface area contributed by atoms with Crippen LogP contribution < -0.4 is 4.72 Å². The van der Waals surface area contributed by atoms with E-state index < -0.39 is 26.2 Å². The highest BCUT2D eigenvalue weighted by Crippen LogP contribution is 2.36. The minimum Gasteiger partial charge on any atom is -0.258 e. The first-order valence-electron chi connectivity index (χ1n) is 4.54. The van der Waals surface area contributed by atoms with E-state index in [1.165, 1.54) is 13.8 Å². The van der Waals surface area contributed by atoms with Crippen molar-refractivity contribution in [2.45, 2.75) is 23.6 Å². The summed E-state index contributed by atoms with van der Waals surface area (Å²) >= 11 is 6.20. The highest BCUT2D eigenvalue weighted by Gasteiger charge is 2.29. The summed E-state index contributed by atoms with van der Waals surface area (Å²) in [6.07, 6.45) is 5.17. The van der Waals surface area contributed by atoms with E-state index in [0.717, 1.165) is 6.07 Å². The van der Waals surface area contributed by atoms with Crippen LogP contribution >= 0.6 is 22.9 Å². The molecule has 0 bridgehead atoms. The predicted molar refractivity (Wildman–Crippen MR) is 69.2 cm³/mol. The summed E-state index contributed by atoms with van der Waals surface area (Å²) in [5.74, 6) is 2.26. The molecule has 0 atom stereocenters. The van der Waals surface area contributed by atoms with Gasteiger partial charge in [0.2, 0.25) is 0 Å². The maximum atomic E-state index is 11.9. The molecule has 0 unspecified atom stereocenters. The van der Waals surface area contributed by atoms with Crippen molar-refractivity contribution in [2.75, 3.05) is 0 Å². The van der Waals surface area contributed by atoms with Crippen LogP contribution in [-0.4, -0.2) is 18.9 Å². The number of hydrogen-bond acceptors (Lipinski definition) is 5. The molecule has 0 radical (unpaired) electrons. The highest BCUT2D eigenvalue weighted by atomic mass is 35.5. The van der Waals surface area contributed by atoms with E-state index >= 15 is 0 Å². The van der Waals surface area contributed by atoms with E-state index in [0.29, 0.717) is 11.3 Å². The fourth-order valence-electron chi connectivity index (χ4n) is 1.01. The normalized spacial score (nSPS) is 12.1. The Labute approximate surface area is 113 Å². The zero-order chi connectivity index (χ0) is 14.1. The van der Waals surface area contributed by atoms with Crippen molar-refractivity contribution in [3.8, 4) is 12.3 Å². The Morgan fingerprint density at radius 1 is 1.61 bits per heavy atom. The Morgan fingerprint density at radius 2 is 2.17 bits per heavy atom. The van der Waals surface area contributed by atoms with Gasteiger partial charge in [-0.3, -0.25) is 10.1 Å². The molecule has 1 aromatic rings. The van der Waals surface area contributed by atoms with Crippen LogP contribution in [0.15, 0.2) is 10.3 Å². The molecule has 0 saturated carbocycles. The van der Waals surface area contributed by atoms with Crippen LogP contribution in [0.5, 0.6) is 0 Å². The molecule has 9 heteroatoms. The molecule has 98 valence electrons. The van der Waals surface area contributed by atoms with Crippen LogP contribution in [0.4, 0.5) is 5.69 Å². The fraction of sp³-hybridized carbons (Fsp3) is 0.333. The summed E-state index contributed by atoms with van der Waals surface area (Å²) in [6.45, 7) is 2.99. The van der Waals surface area contributed by atoms with Crippen LogP contribution in [0.1, 0.15) is 13.8 Å². The van der Waals surface area contributed by atoms with Crippen LogP contribution in [0.3, 0.4) is 0 Å². The largest absolute Gasteiger partial charge is 0.300 e. The summed E-state index contributed by atoms with van der Waals surface area (Å²) in [6, 6.07) is 0.905. The number of rotatable bonds is 4. The number of halogens is 1. The average molecular weight is 309 g/mol. The Morgan fingerprint density at radius 3 is 2.56 bits per heavy atom. The molecule has 0 aliphatic rings. The molecule has 18 heavy (non-hydrogen) atoms. The van der Waals surface area contributed by atoms with Crippen molar-refractivity contribution in [3.63, 3.8) is 0 Å². The van der Waals surface area contributed by atoms with Crippen molar-refractivity contribution in [3.05, 3.63) is 20.5 Å². The third-order valence-corrected chi connectivity index (χ3v) is 5.33. The zero-order valence-corrected chi connectivity index (χ0v) is 11.8. The summed E-state index contributed by atoms with van der Waals surface area (Å²) in [5.41, 5.74) is -1.54. The lowest BCUT2D eigenvalue weighted by Gasteiger charge is -2.18. The number of hydrogen-bond donors (Lipinski definition) is 1. The number of nitrogens with one attached hydrogen (secondary N) is 1. The number of nitro groups is 1. The molecule has 0 amide bonds. The number of thiophene rings is 1. The first-order valence-corrected chi connectivity index (χ1v) is 7.22. The van der Waals surface area contributed by atoms with E-state index in [-0.39, 0.29) is 8.55 Å². The first kappa shape index (κ1) is 14.9. The lowest BCUT2D eigenvalue weighted by atomic mass is 10.1. The minimum absolute atomic E-state index is 0.195. The second-order valence-corrected chi connectivity index (χ2v) is 7.42. The van der Waals surface area contributed by atoms with Crippen LogP contribution in [0.2, 0.25) is 4.34 Å². The monoisotopic (exact) mass is 308 g/mol. The van der Waals surface area contributed by atoms with Gasteiger partial charge in [-0.2, -0.15) is 4.72 Å². The van der Waals surface area contributed by atoms with Gasteiger partial charge in [-0.1, -0.05) is 17.5 Å². The summed E-state index contributed by atoms with van der Waals surface area (Å²) in [5, 5.41) is 10.6. The van der Waals surface area contributed by atoms with Crippen LogP contribution in [0, 0.1) is 22.5 Å². The Balaban J connectivity index is 3.19.